The zero-order valence-electron chi connectivity index (χ0n) is 16.2. The SMILES string of the molecule is O=C(O)N1CC(O)C(c2ccc(OCCCOCc3ccccc3)cc2)C(O)C1. The minimum Gasteiger partial charge on any atom is -0.494 e. The number of carboxylic acid groups (broad SMARTS) is 1. The Hall–Kier alpha value is -2.61. The van der Waals surface area contributed by atoms with Crippen LogP contribution in [0.3, 0.4) is 0 Å². The Morgan fingerprint density at radius 3 is 2.24 bits per heavy atom. The third-order valence-electron chi connectivity index (χ3n) is 4.99. The lowest BCUT2D eigenvalue weighted by Crippen LogP contribution is -2.52. The predicted molar refractivity (Wildman–Crippen MR) is 107 cm³/mol. The average molecular weight is 401 g/mol. The van der Waals surface area contributed by atoms with E-state index in [0.29, 0.717) is 25.6 Å². The van der Waals surface area contributed by atoms with Crippen LogP contribution in [0.1, 0.15) is 23.5 Å². The van der Waals surface area contributed by atoms with Crippen LogP contribution in [0.25, 0.3) is 0 Å². The number of aliphatic hydroxyl groups is 2. The van der Waals surface area contributed by atoms with E-state index in [0.717, 1.165) is 22.4 Å². The summed E-state index contributed by atoms with van der Waals surface area (Å²) in [6.45, 7) is 1.68. The highest BCUT2D eigenvalue weighted by Gasteiger charge is 2.37. The van der Waals surface area contributed by atoms with Gasteiger partial charge in [-0.25, -0.2) is 4.79 Å². The van der Waals surface area contributed by atoms with Crippen LogP contribution >= 0.6 is 0 Å². The lowest BCUT2D eigenvalue weighted by Gasteiger charge is -2.38. The molecule has 156 valence electrons. The molecule has 0 bridgehead atoms. The monoisotopic (exact) mass is 401 g/mol. The first-order valence-corrected chi connectivity index (χ1v) is 9.73. The maximum Gasteiger partial charge on any atom is 0.407 e. The van der Waals surface area contributed by atoms with Crippen molar-refractivity contribution in [3.63, 3.8) is 0 Å². The van der Waals surface area contributed by atoms with Crippen molar-refractivity contribution in [2.24, 2.45) is 0 Å². The molecular weight excluding hydrogens is 374 g/mol. The zero-order chi connectivity index (χ0) is 20.6. The van der Waals surface area contributed by atoms with Crippen molar-refractivity contribution >= 4 is 6.09 Å². The number of ether oxygens (including phenoxy) is 2. The summed E-state index contributed by atoms with van der Waals surface area (Å²) in [5.74, 6) is 0.176. The van der Waals surface area contributed by atoms with Crippen LogP contribution in [0.15, 0.2) is 54.6 Å². The fourth-order valence-electron chi connectivity index (χ4n) is 3.51. The van der Waals surface area contributed by atoms with E-state index in [1.807, 2.05) is 30.3 Å². The molecule has 1 heterocycles. The van der Waals surface area contributed by atoms with Crippen LogP contribution in [-0.2, 0) is 11.3 Å². The summed E-state index contributed by atoms with van der Waals surface area (Å²) in [6, 6.07) is 17.2. The quantitative estimate of drug-likeness (QED) is 0.588. The van der Waals surface area contributed by atoms with E-state index in [4.69, 9.17) is 14.6 Å². The van der Waals surface area contributed by atoms with Crippen LogP contribution in [0.5, 0.6) is 5.75 Å². The first-order chi connectivity index (χ1) is 14.0. The Morgan fingerprint density at radius 1 is 0.966 bits per heavy atom. The van der Waals surface area contributed by atoms with E-state index in [2.05, 4.69) is 0 Å². The number of benzene rings is 2. The molecule has 1 aliphatic heterocycles. The minimum atomic E-state index is -1.14. The van der Waals surface area contributed by atoms with Crippen LogP contribution < -0.4 is 4.74 Å². The molecule has 3 N–H and O–H groups in total. The lowest BCUT2D eigenvalue weighted by atomic mass is 9.85. The molecule has 2 aromatic rings. The van der Waals surface area contributed by atoms with Gasteiger partial charge in [0, 0.05) is 12.3 Å². The van der Waals surface area contributed by atoms with Crippen molar-refractivity contribution in [3.8, 4) is 5.75 Å². The van der Waals surface area contributed by atoms with E-state index in [1.54, 1.807) is 24.3 Å². The van der Waals surface area contributed by atoms with Crippen molar-refractivity contribution < 1.29 is 29.6 Å². The first-order valence-electron chi connectivity index (χ1n) is 9.73. The molecule has 0 saturated carbocycles. The van der Waals surface area contributed by atoms with Gasteiger partial charge in [-0.05, 0) is 23.3 Å². The maximum absolute atomic E-state index is 11.0. The molecular formula is C22H27NO6. The Labute approximate surface area is 170 Å². The number of likely N-dealkylation sites (tertiary alicyclic amines) is 1. The number of β-amino-alcohol motifs (C(OH)–C–C–N with tert-alkyl or cyclic N) is 2. The molecule has 29 heavy (non-hydrogen) atoms. The number of hydrogen-bond acceptors (Lipinski definition) is 5. The number of carbonyl (C=O) groups is 1. The number of aliphatic hydroxyl groups excluding tert-OH is 2. The van der Waals surface area contributed by atoms with Crippen molar-refractivity contribution in [3.05, 3.63) is 65.7 Å². The highest BCUT2D eigenvalue weighted by Crippen LogP contribution is 2.30. The van der Waals surface area contributed by atoms with Gasteiger partial charge >= 0.3 is 6.09 Å². The molecule has 7 nitrogen and oxygen atoms in total. The fourth-order valence-corrected chi connectivity index (χ4v) is 3.51. The third kappa shape index (κ3) is 5.93. The number of hydrogen-bond donors (Lipinski definition) is 3. The Morgan fingerprint density at radius 2 is 1.62 bits per heavy atom. The molecule has 3 rings (SSSR count). The normalized spacial score (nSPS) is 21.7. The average Bonchev–Trinajstić information content (AvgIpc) is 2.72. The molecule has 2 unspecified atom stereocenters. The third-order valence-corrected chi connectivity index (χ3v) is 4.99. The highest BCUT2D eigenvalue weighted by atomic mass is 16.5. The van der Waals surface area contributed by atoms with Gasteiger partial charge in [0.15, 0.2) is 0 Å². The van der Waals surface area contributed by atoms with Gasteiger partial charge < -0.3 is 29.7 Å². The van der Waals surface area contributed by atoms with Crippen LogP contribution in [0.4, 0.5) is 4.79 Å². The van der Waals surface area contributed by atoms with Gasteiger partial charge in [0.1, 0.15) is 5.75 Å². The van der Waals surface area contributed by atoms with Crippen molar-refractivity contribution in [1.29, 1.82) is 0 Å². The summed E-state index contributed by atoms with van der Waals surface area (Å²) in [7, 11) is 0. The van der Waals surface area contributed by atoms with Crippen molar-refractivity contribution in [1.82, 2.24) is 4.90 Å². The van der Waals surface area contributed by atoms with Gasteiger partial charge in [-0.15, -0.1) is 0 Å². The maximum atomic E-state index is 11.0. The molecule has 1 amide bonds. The Bertz CT molecular complexity index is 755. The lowest BCUT2D eigenvalue weighted by molar-refractivity contribution is -0.0229. The zero-order valence-corrected chi connectivity index (χ0v) is 16.2. The summed E-state index contributed by atoms with van der Waals surface area (Å²) in [4.78, 5) is 12.1. The number of nitrogens with zero attached hydrogens (tertiary/aromatic N) is 1. The Kier molecular flexibility index (Phi) is 7.46. The molecule has 0 radical (unpaired) electrons. The molecule has 2 atom stereocenters. The van der Waals surface area contributed by atoms with Gasteiger partial charge in [-0.1, -0.05) is 42.5 Å². The standard InChI is InChI=1S/C22H27NO6/c24-19-13-23(22(26)27)14-20(25)21(19)17-7-9-18(10-8-17)29-12-4-11-28-15-16-5-2-1-3-6-16/h1-3,5-10,19-21,24-25H,4,11-15H2,(H,26,27). The summed E-state index contributed by atoms with van der Waals surface area (Å²) in [6.07, 6.45) is -2.29. The van der Waals surface area contributed by atoms with Crippen LogP contribution in [-0.4, -0.2) is 64.8 Å². The van der Waals surface area contributed by atoms with Gasteiger partial charge in [0.05, 0.1) is 45.1 Å². The first kappa shape index (κ1) is 21.1. The highest BCUT2D eigenvalue weighted by molar-refractivity contribution is 5.65. The summed E-state index contributed by atoms with van der Waals surface area (Å²) in [5, 5.41) is 29.6. The molecule has 0 spiro atoms. The van der Waals surface area contributed by atoms with E-state index < -0.39 is 24.2 Å². The van der Waals surface area contributed by atoms with Gasteiger partial charge in [-0.2, -0.15) is 0 Å². The summed E-state index contributed by atoms with van der Waals surface area (Å²) < 4.78 is 11.3. The molecule has 1 fully saturated rings. The number of amides is 1. The smallest absolute Gasteiger partial charge is 0.407 e. The second kappa shape index (κ2) is 10.2. The molecule has 1 aliphatic rings. The topological polar surface area (TPSA) is 99.5 Å². The van der Waals surface area contributed by atoms with E-state index >= 15 is 0 Å². The van der Waals surface area contributed by atoms with Gasteiger partial charge in [0.2, 0.25) is 0 Å². The summed E-state index contributed by atoms with van der Waals surface area (Å²) >= 11 is 0. The fraction of sp³-hybridized carbons (Fsp3) is 0.409. The largest absolute Gasteiger partial charge is 0.494 e. The molecule has 0 aromatic heterocycles. The van der Waals surface area contributed by atoms with Crippen LogP contribution in [0, 0.1) is 0 Å². The summed E-state index contributed by atoms with van der Waals surface area (Å²) in [5.41, 5.74) is 1.90. The number of rotatable bonds is 8. The van der Waals surface area contributed by atoms with E-state index in [9.17, 15) is 15.0 Å². The van der Waals surface area contributed by atoms with Crippen molar-refractivity contribution in [2.45, 2.75) is 31.2 Å². The molecule has 1 saturated heterocycles. The van der Waals surface area contributed by atoms with E-state index in [-0.39, 0.29) is 13.1 Å². The molecule has 0 aliphatic carbocycles. The molecule has 7 heteroatoms. The minimum absolute atomic E-state index is 0.0156. The second-order valence-electron chi connectivity index (χ2n) is 7.16. The van der Waals surface area contributed by atoms with Crippen molar-refractivity contribution in [2.75, 3.05) is 26.3 Å². The predicted octanol–water partition coefficient (Wildman–Crippen LogP) is 2.47. The molecule has 2 aromatic carbocycles. The van der Waals surface area contributed by atoms with E-state index in [1.165, 1.54) is 0 Å². The number of piperidine rings is 1. The van der Waals surface area contributed by atoms with Crippen LogP contribution in [0.2, 0.25) is 0 Å². The second-order valence-corrected chi connectivity index (χ2v) is 7.16. The van der Waals surface area contributed by atoms with Gasteiger partial charge in [0.25, 0.3) is 0 Å². The van der Waals surface area contributed by atoms with Gasteiger partial charge in [-0.3, -0.25) is 0 Å². The Balaban J connectivity index is 1.41.